The maximum atomic E-state index is 13.5. The molecule has 0 unspecified atom stereocenters. The topological polar surface area (TPSA) is 43.4 Å². The lowest BCUT2D eigenvalue weighted by Crippen LogP contribution is -2.23. The number of ether oxygens (including phenoxy) is 1. The molecule has 0 bridgehead atoms. The minimum absolute atomic E-state index is 0.127. The van der Waals surface area contributed by atoms with Crippen molar-refractivity contribution >= 4 is 23.7 Å². The van der Waals surface area contributed by atoms with Crippen molar-refractivity contribution in [3.63, 3.8) is 0 Å². The van der Waals surface area contributed by atoms with E-state index in [-0.39, 0.29) is 12.8 Å². The van der Waals surface area contributed by atoms with Gasteiger partial charge in [-0.25, -0.2) is 0 Å². The molecule has 4 heteroatoms. The second kappa shape index (κ2) is 7.05. The molecule has 0 saturated carbocycles. The zero-order valence-electron chi connectivity index (χ0n) is 11.6. The van der Waals surface area contributed by atoms with Gasteiger partial charge in [0, 0.05) is 10.6 Å². The van der Waals surface area contributed by atoms with Gasteiger partial charge in [-0.2, -0.15) is 0 Å². The van der Waals surface area contributed by atoms with E-state index >= 15 is 0 Å². The Morgan fingerprint density at radius 1 is 1.00 bits per heavy atom. The standard InChI is InChI=1S/C17H17O3P/c1-2-13-20-17(18)14-21(19,15-9-5-3-6-10-15)16-11-7-4-8-12-16/h2-12H,1,13-14H2. The Hall–Kier alpha value is -2.12. The highest BCUT2D eigenvalue weighted by atomic mass is 31.2. The molecule has 0 aromatic heterocycles. The first kappa shape index (κ1) is 15.3. The number of rotatable bonds is 6. The third kappa shape index (κ3) is 3.71. The van der Waals surface area contributed by atoms with Crippen LogP contribution in [-0.2, 0) is 14.1 Å². The van der Waals surface area contributed by atoms with Crippen LogP contribution in [0.25, 0.3) is 0 Å². The van der Waals surface area contributed by atoms with E-state index in [0.717, 1.165) is 0 Å². The van der Waals surface area contributed by atoms with Crippen LogP contribution in [0, 0.1) is 0 Å². The van der Waals surface area contributed by atoms with E-state index in [1.165, 1.54) is 6.08 Å². The Bertz CT molecular complexity index is 607. The Labute approximate surface area is 124 Å². The summed E-state index contributed by atoms with van der Waals surface area (Å²) < 4.78 is 18.5. The largest absolute Gasteiger partial charge is 0.461 e. The summed E-state index contributed by atoms with van der Waals surface area (Å²) in [4.78, 5) is 11.9. The van der Waals surface area contributed by atoms with E-state index in [1.807, 2.05) is 36.4 Å². The maximum Gasteiger partial charge on any atom is 0.314 e. The molecule has 3 nitrogen and oxygen atoms in total. The van der Waals surface area contributed by atoms with Crippen molar-refractivity contribution in [1.29, 1.82) is 0 Å². The van der Waals surface area contributed by atoms with Crippen LogP contribution in [0.2, 0.25) is 0 Å². The van der Waals surface area contributed by atoms with E-state index in [2.05, 4.69) is 6.58 Å². The Kier molecular flexibility index (Phi) is 5.13. The number of hydrogen-bond acceptors (Lipinski definition) is 3. The van der Waals surface area contributed by atoms with Gasteiger partial charge in [-0.05, 0) is 0 Å². The van der Waals surface area contributed by atoms with Crippen LogP contribution in [0.4, 0.5) is 0 Å². The van der Waals surface area contributed by atoms with Crippen molar-refractivity contribution in [3.05, 3.63) is 73.3 Å². The molecule has 0 fully saturated rings. The van der Waals surface area contributed by atoms with Crippen molar-refractivity contribution in [1.82, 2.24) is 0 Å². The molecule has 0 aliphatic carbocycles. The normalized spacial score (nSPS) is 10.9. The molecule has 0 radical (unpaired) electrons. The van der Waals surface area contributed by atoms with Gasteiger partial charge in [0.1, 0.15) is 12.8 Å². The lowest BCUT2D eigenvalue weighted by atomic mass is 10.4. The number of carbonyl (C=O) groups is 1. The molecule has 0 saturated heterocycles. The van der Waals surface area contributed by atoms with Gasteiger partial charge >= 0.3 is 5.97 Å². The number of carbonyl (C=O) groups excluding carboxylic acids is 1. The van der Waals surface area contributed by atoms with E-state index in [0.29, 0.717) is 10.6 Å². The summed E-state index contributed by atoms with van der Waals surface area (Å²) in [6, 6.07) is 18.1. The summed E-state index contributed by atoms with van der Waals surface area (Å²) in [5.41, 5.74) is 0. The molecule has 2 aromatic carbocycles. The minimum atomic E-state index is -3.03. The summed E-state index contributed by atoms with van der Waals surface area (Å²) in [7, 11) is -3.03. The molecule has 0 amide bonds. The fourth-order valence-electron chi connectivity index (χ4n) is 2.05. The molecule has 0 atom stereocenters. The van der Waals surface area contributed by atoms with Gasteiger partial charge in [0.15, 0.2) is 7.14 Å². The highest BCUT2D eigenvalue weighted by Gasteiger charge is 2.30. The summed E-state index contributed by atoms with van der Waals surface area (Å²) in [5, 5.41) is 1.32. The fourth-order valence-corrected chi connectivity index (χ4v) is 4.47. The van der Waals surface area contributed by atoms with Crippen LogP contribution in [0.15, 0.2) is 73.3 Å². The molecule has 0 spiro atoms. The van der Waals surface area contributed by atoms with Gasteiger partial charge in [0.05, 0.1) is 0 Å². The van der Waals surface area contributed by atoms with Crippen molar-refractivity contribution < 1.29 is 14.1 Å². The van der Waals surface area contributed by atoms with Crippen LogP contribution in [0.1, 0.15) is 0 Å². The van der Waals surface area contributed by atoms with Crippen LogP contribution in [0.3, 0.4) is 0 Å². The number of hydrogen-bond donors (Lipinski definition) is 0. The lowest BCUT2D eigenvalue weighted by molar-refractivity contribution is -0.139. The van der Waals surface area contributed by atoms with Gasteiger partial charge in [0.2, 0.25) is 0 Å². The predicted molar refractivity (Wildman–Crippen MR) is 85.8 cm³/mol. The van der Waals surface area contributed by atoms with Crippen molar-refractivity contribution in [2.75, 3.05) is 12.8 Å². The molecule has 0 aliphatic rings. The highest BCUT2D eigenvalue weighted by molar-refractivity contribution is 7.79. The van der Waals surface area contributed by atoms with Crippen LogP contribution in [-0.4, -0.2) is 18.7 Å². The van der Waals surface area contributed by atoms with E-state index in [9.17, 15) is 9.36 Å². The second-order valence-electron chi connectivity index (χ2n) is 4.54. The average Bonchev–Trinajstić information content (AvgIpc) is 2.54. The Balaban J connectivity index is 2.38. The van der Waals surface area contributed by atoms with Crippen LogP contribution >= 0.6 is 7.14 Å². The van der Waals surface area contributed by atoms with E-state index in [1.54, 1.807) is 24.3 Å². The zero-order valence-corrected chi connectivity index (χ0v) is 12.5. The van der Waals surface area contributed by atoms with Gasteiger partial charge in [-0.15, -0.1) is 0 Å². The maximum absolute atomic E-state index is 13.5. The van der Waals surface area contributed by atoms with E-state index in [4.69, 9.17) is 4.74 Å². The predicted octanol–water partition coefficient (Wildman–Crippen LogP) is 2.73. The van der Waals surface area contributed by atoms with Crippen LogP contribution < -0.4 is 10.6 Å². The summed E-state index contributed by atoms with van der Waals surface area (Å²) in [6.45, 7) is 3.63. The second-order valence-corrected chi connectivity index (χ2v) is 7.37. The molecule has 2 aromatic rings. The third-order valence-electron chi connectivity index (χ3n) is 3.06. The van der Waals surface area contributed by atoms with Gasteiger partial charge in [-0.3, -0.25) is 4.79 Å². The summed E-state index contributed by atoms with van der Waals surface area (Å²) in [5.74, 6) is -0.481. The molecule has 108 valence electrons. The smallest absolute Gasteiger partial charge is 0.314 e. The number of benzene rings is 2. The molecular weight excluding hydrogens is 283 g/mol. The van der Waals surface area contributed by atoms with Gasteiger partial charge < -0.3 is 9.30 Å². The Morgan fingerprint density at radius 3 is 1.90 bits per heavy atom. The average molecular weight is 300 g/mol. The molecular formula is C17H17O3P. The summed E-state index contributed by atoms with van der Waals surface area (Å²) in [6.07, 6.45) is 1.35. The first-order valence-electron chi connectivity index (χ1n) is 6.63. The van der Waals surface area contributed by atoms with Crippen molar-refractivity contribution in [2.45, 2.75) is 0 Å². The molecule has 0 aliphatic heterocycles. The van der Waals surface area contributed by atoms with Crippen LogP contribution in [0.5, 0.6) is 0 Å². The third-order valence-corrected chi connectivity index (χ3v) is 6.03. The number of esters is 1. The lowest BCUT2D eigenvalue weighted by Gasteiger charge is -2.18. The first-order valence-corrected chi connectivity index (χ1v) is 8.53. The SMILES string of the molecule is C=CCOC(=O)CP(=O)(c1ccccc1)c1ccccc1. The first-order chi connectivity index (χ1) is 10.2. The monoisotopic (exact) mass is 300 g/mol. The Morgan fingerprint density at radius 2 is 1.48 bits per heavy atom. The quantitative estimate of drug-likeness (QED) is 0.468. The van der Waals surface area contributed by atoms with E-state index < -0.39 is 13.1 Å². The molecule has 21 heavy (non-hydrogen) atoms. The van der Waals surface area contributed by atoms with Crippen molar-refractivity contribution in [2.24, 2.45) is 0 Å². The highest BCUT2D eigenvalue weighted by Crippen LogP contribution is 2.43. The molecule has 0 heterocycles. The minimum Gasteiger partial charge on any atom is -0.461 e. The fraction of sp³-hybridized carbons (Fsp3) is 0.118. The van der Waals surface area contributed by atoms with Crippen molar-refractivity contribution in [3.8, 4) is 0 Å². The summed E-state index contributed by atoms with van der Waals surface area (Å²) >= 11 is 0. The zero-order chi connectivity index (χ0) is 15.1. The van der Waals surface area contributed by atoms with Gasteiger partial charge in [0.25, 0.3) is 0 Å². The van der Waals surface area contributed by atoms with Gasteiger partial charge in [-0.1, -0.05) is 73.3 Å². The molecule has 0 N–H and O–H groups in total. The molecule has 2 rings (SSSR count).